The summed E-state index contributed by atoms with van der Waals surface area (Å²) in [6.07, 6.45) is 0. The largest absolute Gasteiger partial charge is 0.0715 e. The third-order valence-electron chi connectivity index (χ3n) is 0. The molecule has 0 aromatic heterocycles. The van der Waals surface area contributed by atoms with Crippen LogP contribution in [0.5, 0.6) is 0 Å². The fourth-order valence-electron chi connectivity index (χ4n) is 0. The minimum atomic E-state index is 0.120. The van der Waals surface area contributed by atoms with E-state index in [1.165, 1.54) is 0 Å². The van der Waals surface area contributed by atoms with Gasteiger partial charge < -0.3 is 0 Å². The summed E-state index contributed by atoms with van der Waals surface area (Å²) in [7, 11) is 0.120. The van der Waals surface area contributed by atoms with Crippen molar-refractivity contribution >= 4 is 8.80 Å². The molecule has 0 saturated carbocycles. The van der Waals surface area contributed by atoms with Crippen LogP contribution in [0.2, 0.25) is 22.6 Å². The Kier molecular flexibility index (Phi) is 8.39. The van der Waals surface area contributed by atoms with Crippen LogP contribution in [0, 0.1) is 0 Å². The second-order valence-corrected chi connectivity index (χ2v) is 15.3. The van der Waals surface area contributed by atoms with Crippen LogP contribution in [-0.2, 0) is 26.1 Å². The standard InChI is InChI=1S/C4H9.C3H9Si.Hg/c2*1-4(2)3;/h2*1-3H3;. The van der Waals surface area contributed by atoms with Crippen LogP contribution in [0.3, 0.4) is 0 Å². The molecule has 0 fully saturated rings. The van der Waals surface area contributed by atoms with E-state index in [4.69, 9.17) is 0 Å². The molecule has 0 amide bonds. The molecule has 0 aliphatic carbocycles. The van der Waals surface area contributed by atoms with Crippen LogP contribution in [0.4, 0.5) is 0 Å². The molecular weight excluding hydrogens is 313 g/mol. The van der Waals surface area contributed by atoms with Crippen LogP contribution < -0.4 is 0 Å². The van der Waals surface area contributed by atoms with Gasteiger partial charge in [-0.3, -0.25) is 0 Å². The molecule has 0 rings (SSSR count). The Morgan fingerprint density at radius 3 is 1.00 bits per heavy atom. The molecule has 52 valence electrons. The fourth-order valence-corrected chi connectivity index (χ4v) is 0. The normalized spacial score (nSPS) is 10.8. The van der Waals surface area contributed by atoms with E-state index in [2.05, 4.69) is 40.4 Å². The van der Waals surface area contributed by atoms with Crippen LogP contribution in [0.25, 0.3) is 0 Å². The molecule has 1 radical (unpaired) electrons. The Balaban J connectivity index is 0. The van der Waals surface area contributed by atoms with E-state index in [1.807, 2.05) is 0 Å². The summed E-state index contributed by atoms with van der Waals surface area (Å²) in [5, 5.41) is 0. The van der Waals surface area contributed by atoms with Crippen LogP contribution in [0.15, 0.2) is 0 Å². The molecule has 0 heterocycles. The first-order chi connectivity index (χ1) is 3.73. The third-order valence-corrected chi connectivity index (χ3v) is 0. The summed E-state index contributed by atoms with van der Waals surface area (Å²) in [4.78, 5) is 0. The Morgan fingerprint density at radius 2 is 1.00 bits per heavy atom. The van der Waals surface area contributed by atoms with E-state index >= 15 is 0 Å². The maximum absolute atomic E-state index is 2.27. The summed E-state index contributed by atoms with van der Waals surface area (Å²) >= 11 is 0.956. The summed E-state index contributed by atoms with van der Waals surface area (Å²) in [5.74, 6) is 0. The molecule has 9 heavy (non-hydrogen) atoms. The Hall–Kier alpha value is 1.15. The van der Waals surface area contributed by atoms with Crippen molar-refractivity contribution in [2.45, 2.75) is 43.3 Å². The van der Waals surface area contributed by atoms with Crippen molar-refractivity contribution in [1.82, 2.24) is 0 Å². The van der Waals surface area contributed by atoms with Crippen molar-refractivity contribution in [3.05, 3.63) is 0 Å². The molecule has 0 aliphatic rings. The van der Waals surface area contributed by atoms with Gasteiger partial charge in [0, 0.05) is 8.80 Å². The number of hydrogen-bond acceptors (Lipinski definition) is 0. The maximum Gasteiger partial charge on any atom is 0.0379 e. The topological polar surface area (TPSA) is 0 Å². The minimum absolute atomic E-state index is 0.120. The fraction of sp³-hybridized carbons (Fsp3) is 1.00. The third kappa shape index (κ3) is 353. The summed E-state index contributed by atoms with van der Waals surface area (Å²) < 4.78 is 0.694. The number of rotatable bonds is 0. The van der Waals surface area contributed by atoms with Crippen molar-refractivity contribution < 1.29 is 26.1 Å². The quantitative estimate of drug-likeness (QED) is 0.599. The molecule has 0 atom stereocenters. The van der Waals surface area contributed by atoms with Gasteiger partial charge >= 0.3 is 49.8 Å². The Labute approximate surface area is 78.0 Å². The molecule has 0 saturated heterocycles. The van der Waals surface area contributed by atoms with Crippen LogP contribution in [-0.4, -0.2) is 8.80 Å². The van der Waals surface area contributed by atoms with Gasteiger partial charge in [0.2, 0.25) is 0 Å². The van der Waals surface area contributed by atoms with Gasteiger partial charge in [-0.25, -0.2) is 0 Å². The van der Waals surface area contributed by atoms with Gasteiger partial charge in [0.05, 0.1) is 0 Å². The second-order valence-electron chi connectivity index (χ2n) is 4.06. The van der Waals surface area contributed by atoms with Crippen molar-refractivity contribution in [2.75, 3.05) is 0 Å². The van der Waals surface area contributed by atoms with Gasteiger partial charge in [0.15, 0.2) is 0 Å². The first-order valence-electron chi connectivity index (χ1n) is 3.35. The van der Waals surface area contributed by atoms with Gasteiger partial charge in [0.25, 0.3) is 0 Å². The predicted molar refractivity (Wildman–Crippen MR) is 43.1 cm³/mol. The second kappa shape index (κ2) is 5.90. The zero-order chi connectivity index (χ0) is 8.08. The average Bonchev–Trinajstić information content (AvgIpc) is 1.19. The van der Waals surface area contributed by atoms with E-state index in [1.54, 1.807) is 0 Å². The number of hydrogen-bond donors (Lipinski definition) is 0. The molecule has 0 N–H and O–H groups in total. The SMILES string of the molecule is C[C](C)(C)[Hg].C[Si](C)C. The van der Waals surface area contributed by atoms with Crippen LogP contribution >= 0.6 is 0 Å². The van der Waals surface area contributed by atoms with E-state index in [9.17, 15) is 0 Å². The molecule has 0 nitrogen and oxygen atoms in total. The Bertz CT molecular complexity index is 45.7. The van der Waals surface area contributed by atoms with Crippen molar-refractivity contribution in [3.63, 3.8) is 0 Å². The van der Waals surface area contributed by atoms with E-state index in [0.29, 0.717) is 2.92 Å². The average molecular weight is 331 g/mol. The Morgan fingerprint density at radius 1 is 1.00 bits per heavy atom. The zero-order valence-electron chi connectivity index (χ0n) is 7.71. The molecule has 0 spiro atoms. The smallest absolute Gasteiger partial charge is 0.0379 e. The molecule has 0 bridgehead atoms. The maximum atomic E-state index is 2.27. The first-order valence-corrected chi connectivity index (χ1v) is 9.10. The van der Waals surface area contributed by atoms with E-state index < -0.39 is 0 Å². The molecule has 0 aliphatic heterocycles. The van der Waals surface area contributed by atoms with E-state index in [0.717, 1.165) is 26.1 Å². The van der Waals surface area contributed by atoms with Crippen molar-refractivity contribution in [3.8, 4) is 0 Å². The first kappa shape index (κ1) is 12.8. The monoisotopic (exact) mass is 332 g/mol. The van der Waals surface area contributed by atoms with Crippen LogP contribution in [0.1, 0.15) is 20.8 Å². The molecule has 2 heteroatoms. The molecule has 0 unspecified atom stereocenters. The van der Waals surface area contributed by atoms with Gasteiger partial charge in [-0.2, -0.15) is 0 Å². The zero-order valence-corrected chi connectivity index (χ0v) is 14.2. The van der Waals surface area contributed by atoms with Gasteiger partial charge in [-0.1, -0.05) is 19.6 Å². The van der Waals surface area contributed by atoms with Gasteiger partial charge in [-0.15, -0.1) is 0 Å². The minimum Gasteiger partial charge on any atom is -0.0715 e. The summed E-state index contributed by atoms with van der Waals surface area (Å²) in [6.45, 7) is 13.6. The predicted octanol–water partition coefficient (Wildman–Crippen LogP) is 3.12. The summed E-state index contributed by atoms with van der Waals surface area (Å²) in [5.41, 5.74) is 0. The van der Waals surface area contributed by atoms with Crippen molar-refractivity contribution in [2.24, 2.45) is 0 Å². The van der Waals surface area contributed by atoms with Gasteiger partial charge in [0.1, 0.15) is 0 Å². The molecule has 0 aromatic carbocycles. The van der Waals surface area contributed by atoms with E-state index in [-0.39, 0.29) is 8.80 Å². The summed E-state index contributed by atoms with van der Waals surface area (Å²) in [6, 6.07) is 0. The molecule has 0 aromatic rings. The van der Waals surface area contributed by atoms with Crippen molar-refractivity contribution in [1.29, 1.82) is 0 Å². The molecular formula is C7H18HgSi. The van der Waals surface area contributed by atoms with Gasteiger partial charge in [-0.05, 0) is 0 Å².